The predicted octanol–water partition coefficient (Wildman–Crippen LogP) is 3.61. The Kier molecular flexibility index (Phi) is 4.76. The van der Waals surface area contributed by atoms with Crippen LogP contribution < -0.4 is 0 Å². The number of hydrogen-bond acceptors (Lipinski definition) is 3. The molecular formula is C14H20O2S2. The smallest absolute Gasteiger partial charge is 0.173 e. The van der Waals surface area contributed by atoms with Crippen molar-refractivity contribution in [2.75, 3.05) is 6.61 Å². The minimum Gasteiger partial charge on any atom is -0.286 e. The largest absolute Gasteiger partial charge is 0.286 e. The Labute approximate surface area is 115 Å². The van der Waals surface area contributed by atoms with E-state index in [1.54, 1.807) is 0 Å². The summed E-state index contributed by atoms with van der Waals surface area (Å²) in [4.78, 5) is 0.624. The zero-order valence-corrected chi connectivity index (χ0v) is 12.4. The molecule has 0 N–H and O–H groups in total. The van der Waals surface area contributed by atoms with E-state index in [2.05, 4.69) is 0 Å². The maximum Gasteiger partial charge on any atom is 0.173 e. The van der Waals surface area contributed by atoms with E-state index < -0.39 is 8.77 Å². The van der Waals surface area contributed by atoms with Gasteiger partial charge in [0.1, 0.15) is 0 Å². The molecule has 0 aromatic heterocycles. The standard InChI is InChI=1S/C14H20O2S2/c1-12-7-9-14(10-8-12)18(15,17)16-11-13-5-3-2-4-6-13/h7-10,13H,2-6,11H2,1H3. The highest BCUT2D eigenvalue weighted by Crippen LogP contribution is 2.25. The summed E-state index contributed by atoms with van der Waals surface area (Å²) in [5.74, 6) is 0.535. The first-order valence-corrected chi connectivity index (χ1v) is 8.95. The molecular weight excluding hydrogens is 264 g/mol. The van der Waals surface area contributed by atoms with Crippen molar-refractivity contribution in [3.8, 4) is 0 Å². The lowest BCUT2D eigenvalue weighted by atomic mass is 9.90. The van der Waals surface area contributed by atoms with Gasteiger partial charge < -0.3 is 0 Å². The Hall–Kier alpha value is -0.450. The lowest BCUT2D eigenvalue weighted by Gasteiger charge is -2.21. The van der Waals surface area contributed by atoms with Gasteiger partial charge in [-0.3, -0.25) is 4.18 Å². The van der Waals surface area contributed by atoms with E-state index in [1.807, 2.05) is 31.2 Å². The van der Waals surface area contributed by atoms with Crippen molar-refractivity contribution in [1.82, 2.24) is 0 Å². The molecule has 1 saturated carbocycles. The van der Waals surface area contributed by atoms with E-state index >= 15 is 0 Å². The second kappa shape index (κ2) is 6.13. The molecule has 0 radical (unpaired) electrons. The van der Waals surface area contributed by atoms with Crippen LogP contribution in [0.3, 0.4) is 0 Å². The van der Waals surface area contributed by atoms with Gasteiger partial charge in [0.15, 0.2) is 8.77 Å². The van der Waals surface area contributed by atoms with Crippen LogP contribution in [0.4, 0.5) is 0 Å². The first-order chi connectivity index (χ1) is 8.58. The maximum absolute atomic E-state index is 12.3. The number of aryl methyl sites for hydroxylation is 1. The third-order valence-corrected chi connectivity index (χ3v) is 5.66. The van der Waals surface area contributed by atoms with Crippen LogP contribution in [0.15, 0.2) is 29.2 Å². The Bertz CT molecular complexity index is 471. The van der Waals surface area contributed by atoms with Gasteiger partial charge in [-0.2, -0.15) is 0 Å². The van der Waals surface area contributed by atoms with Gasteiger partial charge in [0.2, 0.25) is 0 Å². The zero-order chi connectivity index (χ0) is 13.0. The fourth-order valence-corrected chi connectivity index (χ4v) is 3.79. The molecule has 1 unspecified atom stereocenters. The molecule has 1 atom stereocenters. The molecule has 2 nitrogen and oxygen atoms in total. The van der Waals surface area contributed by atoms with E-state index in [0.717, 1.165) is 5.56 Å². The third-order valence-electron chi connectivity index (χ3n) is 3.49. The first kappa shape index (κ1) is 14.0. The van der Waals surface area contributed by atoms with Crippen LogP contribution in [0, 0.1) is 12.8 Å². The molecule has 1 aliphatic carbocycles. The summed E-state index contributed by atoms with van der Waals surface area (Å²) >= 11 is 5.13. The third kappa shape index (κ3) is 3.77. The van der Waals surface area contributed by atoms with E-state index in [4.69, 9.17) is 15.4 Å². The van der Waals surface area contributed by atoms with Crippen molar-refractivity contribution in [2.24, 2.45) is 5.92 Å². The monoisotopic (exact) mass is 284 g/mol. The summed E-state index contributed by atoms with van der Waals surface area (Å²) < 4.78 is 17.9. The minimum atomic E-state index is -2.74. The molecule has 0 bridgehead atoms. The van der Waals surface area contributed by atoms with Crippen LogP contribution in [0.1, 0.15) is 37.7 Å². The molecule has 1 aromatic rings. The van der Waals surface area contributed by atoms with Crippen molar-refractivity contribution in [2.45, 2.75) is 43.9 Å². The molecule has 0 saturated heterocycles. The quantitative estimate of drug-likeness (QED) is 0.845. The average molecular weight is 284 g/mol. The van der Waals surface area contributed by atoms with Crippen LogP contribution in [0.5, 0.6) is 0 Å². The molecule has 0 heterocycles. The molecule has 4 heteroatoms. The maximum atomic E-state index is 12.3. The van der Waals surface area contributed by atoms with Gasteiger partial charge in [0.05, 0.1) is 11.5 Å². The van der Waals surface area contributed by atoms with E-state index in [0.29, 0.717) is 17.4 Å². The lowest BCUT2D eigenvalue weighted by molar-refractivity contribution is 0.224. The highest BCUT2D eigenvalue weighted by Gasteiger charge is 2.17. The van der Waals surface area contributed by atoms with Gasteiger partial charge in [-0.1, -0.05) is 37.0 Å². The fourth-order valence-electron chi connectivity index (χ4n) is 2.31. The molecule has 1 aromatic carbocycles. The van der Waals surface area contributed by atoms with Crippen LogP contribution in [-0.4, -0.2) is 10.8 Å². The van der Waals surface area contributed by atoms with E-state index in [-0.39, 0.29) is 0 Å². The van der Waals surface area contributed by atoms with Crippen molar-refractivity contribution in [3.05, 3.63) is 29.8 Å². The summed E-state index contributed by atoms with van der Waals surface area (Å²) in [5.41, 5.74) is 1.14. The zero-order valence-electron chi connectivity index (χ0n) is 10.8. The number of rotatable bonds is 4. The summed E-state index contributed by atoms with van der Waals surface area (Å²) in [6.07, 6.45) is 6.20. The second-order valence-corrected chi connectivity index (χ2v) is 7.99. The molecule has 1 aliphatic rings. The molecule has 18 heavy (non-hydrogen) atoms. The normalized spacial score (nSPS) is 20.5. The molecule has 1 fully saturated rings. The summed E-state index contributed by atoms with van der Waals surface area (Å²) in [5, 5.41) is 0. The Morgan fingerprint density at radius 3 is 2.44 bits per heavy atom. The number of hydrogen-bond donors (Lipinski definition) is 0. The van der Waals surface area contributed by atoms with Crippen LogP contribution in [0.2, 0.25) is 0 Å². The van der Waals surface area contributed by atoms with Gasteiger partial charge in [-0.05, 0) is 37.8 Å². The van der Waals surface area contributed by atoms with E-state index in [1.165, 1.54) is 32.1 Å². The first-order valence-electron chi connectivity index (χ1n) is 6.54. The summed E-state index contributed by atoms with van der Waals surface area (Å²) in [6.45, 7) is 2.54. The minimum absolute atomic E-state index is 0.535. The van der Waals surface area contributed by atoms with E-state index in [9.17, 15) is 4.21 Å². The molecule has 2 rings (SSSR count). The van der Waals surface area contributed by atoms with Gasteiger partial charge in [-0.15, -0.1) is 0 Å². The summed E-state index contributed by atoms with van der Waals surface area (Å²) in [7, 11) is -2.74. The fraction of sp³-hybridized carbons (Fsp3) is 0.571. The molecule has 0 spiro atoms. The summed E-state index contributed by atoms with van der Waals surface area (Å²) in [6, 6.07) is 7.47. The number of benzene rings is 1. The Morgan fingerprint density at radius 1 is 1.22 bits per heavy atom. The SMILES string of the molecule is Cc1ccc(S(=O)(=S)OCC2CCCCC2)cc1. The Morgan fingerprint density at radius 2 is 1.83 bits per heavy atom. The lowest BCUT2D eigenvalue weighted by Crippen LogP contribution is -2.16. The Balaban J connectivity index is 1.96. The van der Waals surface area contributed by atoms with Crippen molar-refractivity contribution < 1.29 is 8.39 Å². The predicted molar refractivity (Wildman–Crippen MR) is 77.5 cm³/mol. The van der Waals surface area contributed by atoms with Crippen LogP contribution in [-0.2, 0) is 24.1 Å². The molecule has 0 amide bonds. The highest BCUT2D eigenvalue weighted by atomic mass is 32.8. The topological polar surface area (TPSA) is 26.3 Å². The van der Waals surface area contributed by atoms with Gasteiger partial charge >= 0.3 is 0 Å². The van der Waals surface area contributed by atoms with Crippen LogP contribution >= 0.6 is 0 Å². The van der Waals surface area contributed by atoms with Gasteiger partial charge in [-0.25, -0.2) is 4.21 Å². The molecule has 0 aliphatic heterocycles. The molecule has 100 valence electrons. The average Bonchev–Trinajstić information content (AvgIpc) is 2.38. The second-order valence-electron chi connectivity index (χ2n) is 5.06. The highest BCUT2D eigenvalue weighted by molar-refractivity contribution is 8.30. The van der Waals surface area contributed by atoms with Gasteiger partial charge in [0.25, 0.3) is 0 Å². The van der Waals surface area contributed by atoms with Crippen molar-refractivity contribution >= 4 is 20.0 Å². The van der Waals surface area contributed by atoms with Crippen LogP contribution in [0.25, 0.3) is 0 Å². The van der Waals surface area contributed by atoms with Crippen molar-refractivity contribution in [1.29, 1.82) is 0 Å². The van der Waals surface area contributed by atoms with Gasteiger partial charge in [0, 0.05) is 11.2 Å². The van der Waals surface area contributed by atoms with Crippen molar-refractivity contribution in [3.63, 3.8) is 0 Å².